The van der Waals surface area contributed by atoms with Gasteiger partial charge in [-0.2, -0.15) is 5.10 Å². The second-order valence-corrected chi connectivity index (χ2v) is 8.78. The van der Waals surface area contributed by atoms with Gasteiger partial charge in [-0.05, 0) is 24.7 Å². The van der Waals surface area contributed by atoms with E-state index in [1.807, 2.05) is 37.5 Å². The number of nitrogens with zero attached hydrogens (tertiary/aromatic N) is 6. The monoisotopic (exact) mass is 451 g/mol. The van der Waals surface area contributed by atoms with Gasteiger partial charge in [0.05, 0.1) is 18.3 Å². The molecule has 5 rings (SSSR count). The van der Waals surface area contributed by atoms with Gasteiger partial charge in [0.25, 0.3) is 5.91 Å². The summed E-state index contributed by atoms with van der Waals surface area (Å²) >= 11 is 1.30. The normalized spacial score (nSPS) is 14.9. The molecular formula is C22H25N7O2S. The number of amides is 1. The number of fused-ring (bicyclic) bond motifs is 2. The minimum absolute atomic E-state index is 0.285. The quantitative estimate of drug-likeness (QED) is 0.499. The van der Waals surface area contributed by atoms with Crippen LogP contribution in [0, 0.1) is 0 Å². The number of ether oxygens (including phenoxy) is 1. The van der Waals surface area contributed by atoms with Crippen LogP contribution in [0.15, 0.2) is 30.5 Å². The molecule has 0 atom stereocenters. The lowest BCUT2D eigenvalue weighted by atomic mass is 10.2. The maximum absolute atomic E-state index is 13.0. The number of hydrogen-bond acceptors (Lipinski definition) is 8. The van der Waals surface area contributed by atoms with Gasteiger partial charge in [-0.3, -0.25) is 9.48 Å². The average Bonchev–Trinajstić information content (AvgIpc) is 3.40. The van der Waals surface area contributed by atoms with E-state index in [4.69, 9.17) is 9.72 Å². The molecule has 1 aromatic carbocycles. The molecule has 1 aliphatic rings. The van der Waals surface area contributed by atoms with Gasteiger partial charge in [-0.25, -0.2) is 9.97 Å². The van der Waals surface area contributed by atoms with Crippen LogP contribution in [0.4, 0.5) is 11.5 Å². The van der Waals surface area contributed by atoms with Gasteiger partial charge in [-0.1, -0.05) is 18.3 Å². The number of aryl methyl sites for hydroxylation is 1. The van der Waals surface area contributed by atoms with E-state index in [0.717, 1.165) is 59.8 Å². The number of thiazole rings is 1. The molecule has 1 N–H and O–H groups in total. The van der Waals surface area contributed by atoms with Gasteiger partial charge < -0.3 is 19.9 Å². The Bertz CT molecular complexity index is 1290. The van der Waals surface area contributed by atoms with Crippen molar-refractivity contribution in [1.29, 1.82) is 0 Å². The van der Waals surface area contributed by atoms with E-state index in [9.17, 15) is 4.79 Å². The summed E-state index contributed by atoms with van der Waals surface area (Å²) < 4.78 is 7.19. The highest BCUT2D eigenvalue weighted by Gasteiger charge is 2.20. The van der Waals surface area contributed by atoms with E-state index < -0.39 is 0 Å². The lowest BCUT2D eigenvalue weighted by Crippen LogP contribution is -2.46. The Hall–Kier alpha value is -3.24. The van der Waals surface area contributed by atoms with Crippen molar-refractivity contribution in [2.75, 3.05) is 50.1 Å². The van der Waals surface area contributed by atoms with Gasteiger partial charge in [-0.15, -0.1) is 0 Å². The Labute approximate surface area is 189 Å². The lowest BCUT2D eigenvalue weighted by molar-refractivity contribution is 0.102. The number of aromatic nitrogens is 4. The minimum Gasteiger partial charge on any atom is -0.494 e. The van der Waals surface area contributed by atoms with E-state index in [1.54, 1.807) is 11.8 Å². The van der Waals surface area contributed by atoms with Crippen LogP contribution in [-0.2, 0) is 7.05 Å². The Balaban J connectivity index is 1.38. The Morgan fingerprint density at radius 2 is 1.97 bits per heavy atom. The molecule has 1 saturated heterocycles. The van der Waals surface area contributed by atoms with Crippen molar-refractivity contribution in [2.24, 2.45) is 7.05 Å². The molecule has 0 unspecified atom stereocenters. The zero-order valence-electron chi connectivity index (χ0n) is 18.3. The molecule has 166 valence electrons. The first-order valence-corrected chi connectivity index (χ1v) is 11.4. The summed E-state index contributed by atoms with van der Waals surface area (Å²) in [6.45, 7) is 7.25. The number of hydrogen-bond donors (Lipinski definition) is 1. The molecule has 0 bridgehead atoms. The molecule has 3 aromatic heterocycles. The van der Waals surface area contributed by atoms with Gasteiger partial charge in [0.15, 0.2) is 5.01 Å². The van der Waals surface area contributed by atoms with Crippen LogP contribution in [0.2, 0.25) is 0 Å². The second-order valence-electron chi connectivity index (χ2n) is 7.80. The molecule has 10 heteroatoms. The molecule has 1 aliphatic heterocycles. The van der Waals surface area contributed by atoms with Crippen molar-refractivity contribution in [1.82, 2.24) is 24.6 Å². The molecule has 0 aliphatic carbocycles. The molecule has 0 radical (unpaired) electrons. The summed E-state index contributed by atoms with van der Waals surface area (Å²) in [4.78, 5) is 27.7. The van der Waals surface area contributed by atoms with E-state index >= 15 is 0 Å². The molecule has 1 fully saturated rings. The molecule has 0 saturated carbocycles. The van der Waals surface area contributed by atoms with Crippen LogP contribution < -0.4 is 15.0 Å². The van der Waals surface area contributed by atoms with Crippen LogP contribution in [0.5, 0.6) is 5.75 Å². The predicted molar refractivity (Wildman–Crippen MR) is 127 cm³/mol. The predicted octanol–water partition coefficient (Wildman–Crippen LogP) is 2.98. The number of piperazine rings is 1. The molecule has 0 spiro atoms. The number of rotatable bonds is 5. The first-order valence-electron chi connectivity index (χ1n) is 10.6. The SMILES string of the molecule is CCN1CCN(c2ccc3nc(C(=O)Nc4cc5cn(C)nc5cc4OC)sc3n2)CC1. The lowest BCUT2D eigenvalue weighted by Gasteiger charge is -2.34. The van der Waals surface area contributed by atoms with Crippen molar-refractivity contribution >= 4 is 50.0 Å². The maximum Gasteiger partial charge on any atom is 0.284 e. The molecule has 32 heavy (non-hydrogen) atoms. The third-order valence-corrected chi connectivity index (χ3v) is 6.73. The van der Waals surface area contributed by atoms with Gasteiger partial charge in [0.2, 0.25) is 0 Å². The first-order chi connectivity index (χ1) is 15.5. The average molecular weight is 452 g/mol. The highest BCUT2D eigenvalue weighted by molar-refractivity contribution is 7.20. The van der Waals surface area contributed by atoms with Gasteiger partial charge in [0.1, 0.15) is 21.9 Å². The zero-order chi connectivity index (χ0) is 22.2. The third kappa shape index (κ3) is 3.87. The first kappa shape index (κ1) is 20.7. The fraction of sp³-hybridized carbons (Fsp3) is 0.364. The maximum atomic E-state index is 13.0. The van der Waals surface area contributed by atoms with Crippen molar-refractivity contribution in [2.45, 2.75) is 6.92 Å². The molecule has 4 heterocycles. The van der Waals surface area contributed by atoms with Crippen LogP contribution in [0.3, 0.4) is 0 Å². The Morgan fingerprint density at radius 1 is 1.16 bits per heavy atom. The molecule has 4 aromatic rings. The third-order valence-electron chi connectivity index (χ3n) is 5.77. The van der Waals surface area contributed by atoms with Crippen molar-refractivity contribution in [3.05, 3.63) is 35.5 Å². The van der Waals surface area contributed by atoms with E-state index in [1.165, 1.54) is 11.3 Å². The van der Waals surface area contributed by atoms with Crippen molar-refractivity contribution in [3.8, 4) is 5.75 Å². The number of benzene rings is 1. The summed E-state index contributed by atoms with van der Waals surface area (Å²) in [6, 6.07) is 7.61. The van der Waals surface area contributed by atoms with E-state index in [2.05, 4.69) is 32.1 Å². The number of nitrogens with one attached hydrogen (secondary N) is 1. The fourth-order valence-electron chi connectivity index (χ4n) is 3.99. The van der Waals surface area contributed by atoms with Crippen LogP contribution in [0.1, 0.15) is 16.7 Å². The summed E-state index contributed by atoms with van der Waals surface area (Å²) in [5, 5.41) is 8.60. The van der Waals surface area contributed by atoms with Gasteiger partial charge >= 0.3 is 0 Å². The number of carbonyl (C=O) groups excluding carboxylic acids is 1. The fourth-order valence-corrected chi connectivity index (χ4v) is 4.82. The van der Waals surface area contributed by atoms with Crippen LogP contribution in [-0.4, -0.2) is 70.4 Å². The van der Waals surface area contributed by atoms with Crippen LogP contribution >= 0.6 is 11.3 Å². The number of carbonyl (C=O) groups is 1. The Kier molecular flexibility index (Phi) is 5.40. The largest absolute Gasteiger partial charge is 0.494 e. The Morgan fingerprint density at radius 3 is 2.72 bits per heavy atom. The second kappa shape index (κ2) is 8.36. The van der Waals surface area contributed by atoms with Crippen molar-refractivity contribution < 1.29 is 9.53 Å². The molecule has 1 amide bonds. The van der Waals surface area contributed by atoms with Crippen molar-refractivity contribution in [3.63, 3.8) is 0 Å². The zero-order valence-corrected chi connectivity index (χ0v) is 19.1. The number of likely N-dealkylation sites (N-methyl/N-ethyl adjacent to an activating group) is 1. The number of methoxy groups -OCH3 is 1. The smallest absolute Gasteiger partial charge is 0.284 e. The minimum atomic E-state index is -0.285. The molecule has 9 nitrogen and oxygen atoms in total. The van der Waals surface area contributed by atoms with Gasteiger partial charge in [0, 0.05) is 50.9 Å². The summed E-state index contributed by atoms with van der Waals surface area (Å²) in [7, 11) is 3.43. The number of pyridine rings is 1. The van der Waals surface area contributed by atoms with Crippen LogP contribution in [0.25, 0.3) is 21.3 Å². The summed E-state index contributed by atoms with van der Waals surface area (Å²) in [5.41, 5.74) is 2.12. The van der Waals surface area contributed by atoms with E-state index in [-0.39, 0.29) is 5.91 Å². The summed E-state index contributed by atoms with van der Waals surface area (Å²) in [6.07, 6.45) is 1.90. The number of anilines is 2. The highest BCUT2D eigenvalue weighted by atomic mass is 32.1. The van der Waals surface area contributed by atoms with E-state index in [0.29, 0.717) is 16.4 Å². The summed E-state index contributed by atoms with van der Waals surface area (Å²) in [5.74, 6) is 1.21. The molecular weight excluding hydrogens is 426 g/mol. The highest BCUT2D eigenvalue weighted by Crippen LogP contribution is 2.31. The topological polar surface area (TPSA) is 88.4 Å². The standard InChI is InChI=1S/C22H25N7O2S/c1-4-28-7-9-29(10-8-28)19-6-5-15-21(25-19)32-22(24-15)20(30)23-17-11-14-13-27(2)26-16(14)12-18(17)31-3/h5-6,11-13H,4,7-10H2,1-3H3,(H,23,30).